The molecule has 10 heavy (non-hydrogen) atoms. The van der Waals surface area contributed by atoms with Crippen molar-refractivity contribution < 1.29 is 4.79 Å². The fourth-order valence-electron chi connectivity index (χ4n) is 0.587. The number of nitrogens with zero attached hydrogens (tertiary/aromatic N) is 1. The van der Waals surface area contributed by atoms with Crippen molar-refractivity contribution in [2.24, 2.45) is 5.84 Å². The molecule has 4 nitrogen and oxygen atoms in total. The molecular formula is C6H7N3O. The predicted octanol–water partition coefficient (Wildman–Crippen LogP) is -0.315. The number of hydrogen-bond acceptors (Lipinski definition) is 3. The standard InChI is InChI=1S/C6H7N3O/c7-9-6(10)5-1-3-8-4-2-5/h1-4H,7H2,(H,9,10)/i10+2. The minimum absolute atomic E-state index is 0.303. The van der Waals surface area contributed by atoms with Crippen LogP contribution >= 0.6 is 0 Å². The average Bonchev–Trinajstić information content (AvgIpc) is 2.05. The van der Waals surface area contributed by atoms with E-state index < -0.39 is 0 Å². The Morgan fingerprint density at radius 3 is 2.60 bits per heavy atom. The molecule has 1 aromatic rings. The first-order chi connectivity index (χ1) is 4.84. The highest BCUT2D eigenvalue weighted by Gasteiger charge is 1.98. The number of hydrogen-bond donors (Lipinski definition) is 2. The van der Waals surface area contributed by atoms with Crippen molar-refractivity contribution in [2.75, 3.05) is 0 Å². The minimum Gasteiger partial charge on any atom is -0.290 e. The van der Waals surface area contributed by atoms with Gasteiger partial charge in [-0.3, -0.25) is 15.2 Å². The first-order valence-electron chi connectivity index (χ1n) is 2.75. The highest BCUT2D eigenvalue weighted by molar-refractivity contribution is 5.93. The first kappa shape index (κ1) is 6.70. The van der Waals surface area contributed by atoms with E-state index in [1.807, 2.05) is 5.43 Å². The second kappa shape index (κ2) is 2.93. The van der Waals surface area contributed by atoms with Crippen LogP contribution in [0, 0.1) is 0 Å². The van der Waals surface area contributed by atoms with Crippen molar-refractivity contribution in [1.82, 2.24) is 10.4 Å². The van der Waals surface area contributed by atoms with E-state index in [-0.39, 0.29) is 5.91 Å². The van der Waals surface area contributed by atoms with Gasteiger partial charge in [0.2, 0.25) is 0 Å². The van der Waals surface area contributed by atoms with Gasteiger partial charge in [-0.05, 0) is 12.1 Å². The van der Waals surface area contributed by atoms with Gasteiger partial charge in [0.05, 0.1) is 0 Å². The molecule has 1 heterocycles. The summed E-state index contributed by atoms with van der Waals surface area (Å²) < 4.78 is 0. The molecule has 0 fully saturated rings. The molecule has 0 saturated heterocycles. The number of rotatable bonds is 1. The van der Waals surface area contributed by atoms with Crippen LogP contribution in [-0.2, 0) is 0 Å². The zero-order chi connectivity index (χ0) is 7.40. The number of carbonyl (C=O) groups is 1. The molecule has 0 aliphatic carbocycles. The van der Waals surface area contributed by atoms with Crippen molar-refractivity contribution in [3.05, 3.63) is 30.1 Å². The summed E-state index contributed by atoms with van der Waals surface area (Å²) in [6.07, 6.45) is 3.06. The monoisotopic (exact) mass is 139 g/mol. The van der Waals surface area contributed by atoms with E-state index in [9.17, 15) is 4.79 Å². The van der Waals surface area contributed by atoms with Crippen LogP contribution in [0.1, 0.15) is 10.4 Å². The van der Waals surface area contributed by atoms with E-state index in [2.05, 4.69) is 4.98 Å². The van der Waals surface area contributed by atoms with E-state index in [0.717, 1.165) is 0 Å². The van der Waals surface area contributed by atoms with Crippen molar-refractivity contribution in [3.63, 3.8) is 0 Å². The van der Waals surface area contributed by atoms with Crippen LogP contribution in [-0.4, -0.2) is 10.9 Å². The third kappa shape index (κ3) is 1.29. The molecule has 0 aliphatic rings. The molecule has 0 bridgehead atoms. The molecule has 52 valence electrons. The second-order valence-corrected chi connectivity index (χ2v) is 1.71. The summed E-state index contributed by atoms with van der Waals surface area (Å²) in [5.41, 5.74) is 2.53. The first-order valence-corrected chi connectivity index (χ1v) is 2.75. The van der Waals surface area contributed by atoms with E-state index >= 15 is 0 Å². The van der Waals surface area contributed by atoms with E-state index in [1.165, 1.54) is 12.4 Å². The normalized spacial score (nSPS) is 8.90. The molecule has 1 amide bonds. The molecule has 0 radical (unpaired) electrons. The van der Waals surface area contributed by atoms with Gasteiger partial charge in [-0.2, -0.15) is 0 Å². The topological polar surface area (TPSA) is 68.0 Å². The summed E-state index contributed by atoms with van der Waals surface area (Å²) in [6, 6.07) is 3.17. The average molecular weight is 139 g/mol. The Balaban J connectivity index is 2.85. The number of pyridine rings is 1. The molecule has 0 spiro atoms. The van der Waals surface area contributed by atoms with E-state index in [4.69, 9.17) is 5.84 Å². The summed E-state index contributed by atoms with van der Waals surface area (Å²) >= 11 is 0. The van der Waals surface area contributed by atoms with Gasteiger partial charge in [0.1, 0.15) is 0 Å². The Labute approximate surface area is 58.0 Å². The van der Waals surface area contributed by atoms with Gasteiger partial charge in [-0.1, -0.05) is 0 Å². The maximum atomic E-state index is 10.7. The Hall–Kier alpha value is -1.42. The SMILES string of the molecule is NNC(=[18O])c1ccncc1. The zero-order valence-electron chi connectivity index (χ0n) is 5.24. The Morgan fingerprint density at radius 1 is 1.50 bits per heavy atom. The minimum atomic E-state index is -0.303. The number of nitrogens with two attached hydrogens (primary N) is 1. The highest BCUT2D eigenvalue weighted by Crippen LogP contribution is 1.93. The molecule has 0 aromatic carbocycles. The fourth-order valence-corrected chi connectivity index (χ4v) is 0.587. The Morgan fingerprint density at radius 2 is 2.10 bits per heavy atom. The Bertz CT molecular complexity index is 222. The van der Waals surface area contributed by atoms with Gasteiger partial charge in [0.25, 0.3) is 5.91 Å². The predicted molar refractivity (Wildman–Crippen MR) is 35.9 cm³/mol. The molecule has 1 rings (SSSR count). The highest BCUT2D eigenvalue weighted by atomic mass is 18.1. The van der Waals surface area contributed by atoms with Gasteiger partial charge in [0, 0.05) is 18.0 Å². The summed E-state index contributed by atoms with van der Waals surface area (Å²) in [4.78, 5) is 14.5. The molecule has 0 aliphatic heterocycles. The summed E-state index contributed by atoms with van der Waals surface area (Å²) in [5.74, 6) is 4.58. The molecule has 4 heteroatoms. The molecule has 0 unspecified atom stereocenters. The summed E-state index contributed by atoms with van der Waals surface area (Å²) in [5, 5.41) is 0. The summed E-state index contributed by atoms with van der Waals surface area (Å²) in [7, 11) is 0. The third-order valence-electron chi connectivity index (χ3n) is 1.07. The van der Waals surface area contributed by atoms with Crippen molar-refractivity contribution in [3.8, 4) is 0 Å². The number of carbonyl (C=O) groups excluding carboxylic acids is 1. The summed E-state index contributed by atoms with van der Waals surface area (Å²) in [6.45, 7) is 0. The van der Waals surface area contributed by atoms with Gasteiger partial charge in [-0.25, -0.2) is 5.84 Å². The largest absolute Gasteiger partial charge is 0.290 e. The smallest absolute Gasteiger partial charge is 0.265 e. The third-order valence-corrected chi connectivity index (χ3v) is 1.07. The number of nitrogens with one attached hydrogen (secondary N) is 1. The number of amides is 1. The number of nitrogen functional groups attached to an aromatic ring is 1. The van der Waals surface area contributed by atoms with E-state index in [1.54, 1.807) is 12.1 Å². The van der Waals surface area contributed by atoms with E-state index in [0.29, 0.717) is 5.56 Å². The molecule has 3 N–H and O–H groups in total. The van der Waals surface area contributed by atoms with Crippen molar-refractivity contribution in [2.45, 2.75) is 0 Å². The lowest BCUT2D eigenvalue weighted by Gasteiger charge is -1.95. The van der Waals surface area contributed by atoms with Gasteiger partial charge < -0.3 is 0 Å². The maximum Gasteiger partial charge on any atom is 0.265 e. The molecular weight excluding hydrogens is 132 g/mol. The molecule has 1 aromatic heterocycles. The fraction of sp³-hybridized carbons (Fsp3) is 0. The number of hydrazine groups is 1. The second-order valence-electron chi connectivity index (χ2n) is 1.71. The van der Waals surface area contributed by atoms with Crippen LogP contribution in [0.4, 0.5) is 0 Å². The van der Waals surface area contributed by atoms with Crippen LogP contribution in [0.2, 0.25) is 0 Å². The van der Waals surface area contributed by atoms with Crippen LogP contribution in [0.25, 0.3) is 0 Å². The lowest BCUT2D eigenvalue weighted by atomic mass is 10.3. The van der Waals surface area contributed by atoms with Crippen LogP contribution in [0.3, 0.4) is 0 Å². The van der Waals surface area contributed by atoms with Crippen LogP contribution < -0.4 is 11.3 Å². The lowest BCUT2D eigenvalue weighted by Crippen LogP contribution is -2.29. The van der Waals surface area contributed by atoms with Crippen molar-refractivity contribution >= 4 is 5.91 Å². The Kier molecular flexibility index (Phi) is 1.96. The number of aromatic nitrogens is 1. The zero-order valence-corrected chi connectivity index (χ0v) is 5.24. The van der Waals surface area contributed by atoms with Gasteiger partial charge >= 0.3 is 0 Å². The van der Waals surface area contributed by atoms with Gasteiger partial charge in [0.15, 0.2) is 0 Å². The van der Waals surface area contributed by atoms with Crippen LogP contribution in [0.15, 0.2) is 24.5 Å². The molecule has 0 saturated carbocycles. The lowest BCUT2D eigenvalue weighted by molar-refractivity contribution is 0.0953. The van der Waals surface area contributed by atoms with Gasteiger partial charge in [-0.15, -0.1) is 0 Å². The van der Waals surface area contributed by atoms with Crippen molar-refractivity contribution in [1.29, 1.82) is 0 Å². The van der Waals surface area contributed by atoms with Crippen LogP contribution in [0.5, 0.6) is 0 Å². The maximum absolute atomic E-state index is 10.7. The molecule has 0 atom stereocenters. The quantitative estimate of drug-likeness (QED) is 0.242.